The van der Waals surface area contributed by atoms with Crippen molar-refractivity contribution in [2.24, 2.45) is 0 Å². The fraction of sp³-hybridized carbons (Fsp3) is 0.250. The molecule has 0 aliphatic carbocycles. The zero-order valence-electron chi connectivity index (χ0n) is 15.5. The molecule has 0 unspecified atom stereocenters. The zero-order chi connectivity index (χ0) is 19.5. The van der Waals surface area contributed by atoms with Crippen molar-refractivity contribution in [2.45, 2.75) is 6.92 Å². The fourth-order valence-corrected chi connectivity index (χ4v) is 3.23. The maximum atomic E-state index is 12.5. The first kappa shape index (κ1) is 17.8. The summed E-state index contributed by atoms with van der Waals surface area (Å²) < 4.78 is 0. The number of piperazine rings is 1. The highest BCUT2D eigenvalue weighted by Crippen LogP contribution is 2.22. The van der Waals surface area contributed by atoms with Gasteiger partial charge in [-0.15, -0.1) is 0 Å². The van der Waals surface area contributed by atoms with Crippen molar-refractivity contribution in [3.63, 3.8) is 0 Å². The van der Waals surface area contributed by atoms with Gasteiger partial charge in [-0.2, -0.15) is 5.10 Å². The largest absolute Gasteiger partial charge is 0.353 e. The normalized spacial score (nSPS) is 14.2. The molecule has 0 radical (unpaired) electrons. The molecule has 4 rings (SSSR count). The molecule has 3 aromatic rings. The van der Waals surface area contributed by atoms with E-state index in [0.717, 1.165) is 17.1 Å². The van der Waals surface area contributed by atoms with Crippen LogP contribution in [0.25, 0.3) is 11.3 Å². The van der Waals surface area contributed by atoms with Crippen LogP contribution in [0.1, 0.15) is 16.3 Å². The van der Waals surface area contributed by atoms with E-state index in [2.05, 4.69) is 25.1 Å². The van der Waals surface area contributed by atoms with Gasteiger partial charge in [0.25, 0.3) is 11.5 Å². The van der Waals surface area contributed by atoms with Crippen molar-refractivity contribution in [2.75, 3.05) is 31.1 Å². The van der Waals surface area contributed by atoms with E-state index in [4.69, 9.17) is 0 Å². The minimum absolute atomic E-state index is 0.181. The van der Waals surface area contributed by atoms with Gasteiger partial charge in [0.05, 0.1) is 5.69 Å². The highest BCUT2D eigenvalue weighted by Gasteiger charge is 2.24. The second-order valence-corrected chi connectivity index (χ2v) is 6.61. The first-order valence-electron chi connectivity index (χ1n) is 9.11. The maximum absolute atomic E-state index is 12.5. The average molecular weight is 376 g/mol. The Morgan fingerprint density at radius 1 is 1.00 bits per heavy atom. The number of aryl methyl sites for hydroxylation is 1. The summed E-state index contributed by atoms with van der Waals surface area (Å²) in [5, 5.41) is 6.13. The Morgan fingerprint density at radius 3 is 2.43 bits per heavy atom. The fourth-order valence-electron chi connectivity index (χ4n) is 3.23. The van der Waals surface area contributed by atoms with E-state index in [0.29, 0.717) is 32.0 Å². The van der Waals surface area contributed by atoms with Crippen LogP contribution in [0.2, 0.25) is 0 Å². The molecule has 142 valence electrons. The van der Waals surface area contributed by atoms with Gasteiger partial charge in [0.1, 0.15) is 17.3 Å². The molecule has 1 aromatic carbocycles. The number of H-pyrrole nitrogens is 1. The minimum Gasteiger partial charge on any atom is -0.353 e. The first-order chi connectivity index (χ1) is 13.6. The summed E-state index contributed by atoms with van der Waals surface area (Å²) in [6.07, 6.45) is 0. The number of benzene rings is 1. The molecule has 1 N–H and O–H groups in total. The van der Waals surface area contributed by atoms with Crippen LogP contribution < -0.4 is 10.5 Å². The molecule has 0 atom stereocenters. The van der Waals surface area contributed by atoms with Gasteiger partial charge in [-0.3, -0.25) is 9.59 Å². The van der Waals surface area contributed by atoms with Crippen molar-refractivity contribution in [3.8, 4) is 11.3 Å². The Balaban J connectivity index is 1.48. The monoisotopic (exact) mass is 376 g/mol. The lowest BCUT2D eigenvalue weighted by atomic mass is 10.1. The van der Waals surface area contributed by atoms with E-state index in [1.165, 1.54) is 12.1 Å². The van der Waals surface area contributed by atoms with Crippen LogP contribution in [0.4, 0.5) is 5.82 Å². The minimum atomic E-state index is -0.324. The summed E-state index contributed by atoms with van der Waals surface area (Å²) in [7, 11) is 0. The van der Waals surface area contributed by atoms with E-state index in [9.17, 15) is 9.59 Å². The number of hydrogen-bond acceptors (Lipinski definition) is 6. The first-order valence-corrected chi connectivity index (χ1v) is 9.11. The van der Waals surface area contributed by atoms with Crippen LogP contribution in [-0.2, 0) is 0 Å². The number of hydrogen-bond donors (Lipinski definition) is 1. The number of carbonyl (C=O) groups excluding carboxylic acids is 1. The van der Waals surface area contributed by atoms with Crippen LogP contribution in [-0.4, -0.2) is 57.2 Å². The van der Waals surface area contributed by atoms with E-state index in [1.807, 2.05) is 43.3 Å². The van der Waals surface area contributed by atoms with E-state index in [-0.39, 0.29) is 17.2 Å². The number of anilines is 1. The van der Waals surface area contributed by atoms with Gasteiger partial charge < -0.3 is 9.80 Å². The second kappa shape index (κ2) is 7.59. The number of nitrogens with zero attached hydrogens (tertiary/aromatic N) is 5. The highest BCUT2D eigenvalue weighted by molar-refractivity contribution is 5.92. The lowest BCUT2D eigenvalue weighted by Crippen LogP contribution is -2.49. The Morgan fingerprint density at radius 2 is 1.75 bits per heavy atom. The number of nitrogens with one attached hydrogen (secondary N) is 1. The third-order valence-electron chi connectivity index (χ3n) is 4.68. The van der Waals surface area contributed by atoms with Crippen molar-refractivity contribution >= 4 is 11.7 Å². The zero-order valence-corrected chi connectivity index (χ0v) is 15.5. The van der Waals surface area contributed by atoms with E-state index >= 15 is 0 Å². The standard InChI is InChI=1S/C20H20N6O2/c1-14-21-17(15-5-3-2-4-6-15)13-18(22-14)25-9-11-26(12-10-25)20(28)16-7-8-19(27)24-23-16/h2-8,13H,9-12H2,1H3,(H,24,27). The van der Waals surface area contributed by atoms with Gasteiger partial charge in [-0.05, 0) is 13.0 Å². The molecule has 0 bridgehead atoms. The number of aromatic nitrogens is 4. The van der Waals surface area contributed by atoms with Crippen molar-refractivity contribution in [1.29, 1.82) is 0 Å². The SMILES string of the molecule is Cc1nc(-c2ccccc2)cc(N2CCN(C(=O)c3ccc(=O)[nH]n3)CC2)n1. The number of aromatic amines is 1. The summed E-state index contributed by atoms with van der Waals surface area (Å²) in [6, 6.07) is 14.8. The predicted molar refractivity (Wildman–Crippen MR) is 105 cm³/mol. The molecular weight excluding hydrogens is 356 g/mol. The molecule has 3 heterocycles. The Bertz CT molecular complexity index is 1020. The smallest absolute Gasteiger partial charge is 0.274 e. The second-order valence-electron chi connectivity index (χ2n) is 6.61. The van der Waals surface area contributed by atoms with Gasteiger partial charge in [0.2, 0.25) is 0 Å². The van der Waals surface area contributed by atoms with Crippen LogP contribution in [0, 0.1) is 6.92 Å². The van der Waals surface area contributed by atoms with Crippen LogP contribution in [0.5, 0.6) is 0 Å². The molecule has 0 saturated carbocycles. The Kier molecular flexibility index (Phi) is 4.84. The quantitative estimate of drug-likeness (QED) is 0.744. The topological polar surface area (TPSA) is 95.1 Å². The summed E-state index contributed by atoms with van der Waals surface area (Å²) in [4.78, 5) is 36.7. The van der Waals surface area contributed by atoms with Gasteiger partial charge in [-0.25, -0.2) is 15.1 Å². The molecule has 8 nitrogen and oxygen atoms in total. The third kappa shape index (κ3) is 3.75. The molecule has 1 aliphatic heterocycles. The van der Waals surface area contributed by atoms with Gasteiger partial charge >= 0.3 is 0 Å². The molecule has 2 aromatic heterocycles. The highest BCUT2D eigenvalue weighted by atomic mass is 16.2. The van der Waals surface area contributed by atoms with Gasteiger partial charge in [0, 0.05) is 43.9 Å². The molecule has 1 aliphatic rings. The predicted octanol–water partition coefficient (Wildman–Crippen LogP) is 1.50. The van der Waals surface area contributed by atoms with E-state index < -0.39 is 0 Å². The molecular formula is C20H20N6O2. The lowest BCUT2D eigenvalue weighted by molar-refractivity contribution is 0.0739. The average Bonchev–Trinajstić information content (AvgIpc) is 2.74. The summed E-state index contributed by atoms with van der Waals surface area (Å²) >= 11 is 0. The van der Waals surface area contributed by atoms with Crippen LogP contribution >= 0.6 is 0 Å². The number of amides is 1. The Labute approximate surface area is 161 Å². The third-order valence-corrected chi connectivity index (χ3v) is 4.68. The molecule has 1 amide bonds. The van der Waals surface area contributed by atoms with Crippen molar-refractivity contribution < 1.29 is 4.79 Å². The van der Waals surface area contributed by atoms with Gasteiger partial charge in [-0.1, -0.05) is 30.3 Å². The molecule has 1 fully saturated rings. The number of rotatable bonds is 3. The van der Waals surface area contributed by atoms with Gasteiger partial charge in [0.15, 0.2) is 0 Å². The Hall–Kier alpha value is -3.55. The maximum Gasteiger partial charge on any atom is 0.274 e. The summed E-state index contributed by atoms with van der Waals surface area (Å²) in [5.41, 5.74) is 1.86. The molecule has 28 heavy (non-hydrogen) atoms. The summed E-state index contributed by atoms with van der Waals surface area (Å²) in [5.74, 6) is 1.40. The number of carbonyl (C=O) groups is 1. The van der Waals surface area contributed by atoms with Crippen molar-refractivity contribution in [3.05, 3.63) is 70.4 Å². The van der Waals surface area contributed by atoms with Crippen LogP contribution in [0.15, 0.2) is 53.3 Å². The molecule has 8 heteroatoms. The van der Waals surface area contributed by atoms with Crippen LogP contribution in [0.3, 0.4) is 0 Å². The molecule has 1 saturated heterocycles. The van der Waals surface area contributed by atoms with Crippen molar-refractivity contribution in [1.82, 2.24) is 25.1 Å². The van der Waals surface area contributed by atoms with E-state index in [1.54, 1.807) is 4.90 Å². The summed E-state index contributed by atoms with van der Waals surface area (Å²) in [6.45, 7) is 4.34. The molecule has 0 spiro atoms. The lowest BCUT2D eigenvalue weighted by Gasteiger charge is -2.35.